The number of hydrogen-bond donors (Lipinski definition) is 2. The lowest BCUT2D eigenvalue weighted by atomic mass is 10.1. The molecule has 0 bridgehead atoms. The van der Waals surface area contributed by atoms with Crippen molar-refractivity contribution < 1.29 is 18.7 Å². The van der Waals surface area contributed by atoms with Gasteiger partial charge in [0.05, 0.1) is 12.8 Å². The molecule has 1 saturated carbocycles. The van der Waals surface area contributed by atoms with Crippen molar-refractivity contribution in [2.75, 3.05) is 13.2 Å². The fourth-order valence-corrected chi connectivity index (χ4v) is 2.89. The summed E-state index contributed by atoms with van der Waals surface area (Å²) in [6, 6.07) is 3.51. The Morgan fingerprint density at radius 1 is 1.36 bits per heavy atom. The molecule has 1 aromatic heterocycles. The monoisotopic (exact) mass is 324 g/mol. The zero-order valence-electron chi connectivity index (χ0n) is 11.6. The Bertz CT molecular complexity index is 713. The van der Waals surface area contributed by atoms with Gasteiger partial charge in [0.1, 0.15) is 9.88 Å². The molecule has 1 fully saturated rings. The molecule has 0 saturated heterocycles. The predicted octanol–water partition coefficient (Wildman–Crippen LogP) is 2.59. The van der Waals surface area contributed by atoms with E-state index in [2.05, 4.69) is 10.3 Å². The van der Waals surface area contributed by atoms with Gasteiger partial charge in [0, 0.05) is 17.5 Å². The first-order valence-electron chi connectivity index (χ1n) is 6.83. The molecule has 0 spiro atoms. The van der Waals surface area contributed by atoms with E-state index in [0.717, 1.165) is 36.3 Å². The van der Waals surface area contributed by atoms with Crippen LogP contribution < -0.4 is 5.32 Å². The first-order chi connectivity index (χ1) is 10.5. The van der Waals surface area contributed by atoms with Gasteiger partial charge in [0.25, 0.3) is 5.91 Å². The van der Waals surface area contributed by atoms with E-state index in [1.54, 1.807) is 0 Å². The van der Waals surface area contributed by atoms with Crippen molar-refractivity contribution in [3.8, 4) is 10.6 Å². The molecule has 116 valence electrons. The van der Waals surface area contributed by atoms with Crippen molar-refractivity contribution in [2.24, 2.45) is 5.41 Å². The number of aromatic nitrogens is 1. The maximum absolute atomic E-state index is 13.2. The smallest absolute Gasteiger partial charge is 0.263 e. The minimum Gasteiger partial charge on any atom is -0.396 e. The van der Waals surface area contributed by atoms with Crippen LogP contribution in [0.4, 0.5) is 8.78 Å². The van der Waals surface area contributed by atoms with Gasteiger partial charge in [-0.25, -0.2) is 13.8 Å². The number of benzene rings is 1. The fraction of sp³-hybridized carbons (Fsp3) is 0.333. The van der Waals surface area contributed by atoms with Gasteiger partial charge in [-0.2, -0.15) is 0 Å². The standard InChI is InChI=1S/C15H14F2N2O2S/c16-10-2-1-9(5-11(10)17)14-18-6-12(22-14)13(21)19-7-15(8-20)3-4-15/h1-2,5-6,20H,3-4,7-8H2,(H,19,21). The summed E-state index contributed by atoms with van der Waals surface area (Å²) in [4.78, 5) is 16.5. The number of halogens is 2. The highest BCUT2D eigenvalue weighted by Crippen LogP contribution is 2.44. The molecule has 0 atom stereocenters. The number of aliphatic hydroxyl groups is 1. The normalized spacial score (nSPS) is 15.6. The van der Waals surface area contributed by atoms with Crippen LogP contribution in [0.1, 0.15) is 22.5 Å². The zero-order chi connectivity index (χ0) is 15.7. The number of nitrogens with one attached hydrogen (secondary N) is 1. The summed E-state index contributed by atoms with van der Waals surface area (Å²) in [5.74, 6) is -2.14. The average molecular weight is 324 g/mol. The Kier molecular flexibility index (Phi) is 3.92. The summed E-state index contributed by atoms with van der Waals surface area (Å²) in [5, 5.41) is 12.4. The number of thiazole rings is 1. The number of rotatable bonds is 5. The Morgan fingerprint density at radius 2 is 2.14 bits per heavy atom. The van der Waals surface area contributed by atoms with Gasteiger partial charge in [0.15, 0.2) is 11.6 Å². The second-order valence-electron chi connectivity index (χ2n) is 5.50. The molecule has 0 radical (unpaired) electrons. The molecule has 1 aromatic carbocycles. The van der Waals surface area contributed by atoms with E-state index in [1.807, 2.05) is 0 Å². The van der Waals surface area contributed by atoms with Gasteiger partial charge in [-0.1, -0.05) is 0 Å². The van der Waals surface area contributed by atoms with Crippen LogP contribution in [0.3, 0.4) is 0 Å². The molecule has 7 heteroatoms. The maximum Gasteiger partial charge on any atom is 0.263 e. The summed E-state index contributed by atoms with van der Waals surface area (Å²) >= 11 is 1.11. The van der Waals surface area contributed by atoms with Gasteiger partial charge in [-0.05, 0) is 31.0 Å². The van der Waals surface area contributed by atoms with E-state index in [4.69, 9.17) is 0 Å². The van der Waals surface area contributed by atoms with Crippen LogP contribution in [0.5, 0.6) is 0 Å². The van der Waals surface area contributed by atoms with Crippen LogP contribution in [0.15, 0.2) is 24.4 Å². The predicted molar refractivity (Wildman–Crippen MR) is 78.6 cm³/mol. The summed E-state index contributed by atoms with van der Waals surface area (Å²) in [6.45, 7) is 0.497. The van der Waals surface area contributed by atoms with Crippen molar-refractivity contribution in [3.63, 3.8) is 0 Å². The lowest BCUT2D eigenvalue weighted by Gasteiger charge is -2.11. The van der Waals surface area contributed by atoms with E-state index >= 15 is 0 Å². The second kappa shape index (κ2) is 5.73. The van der Waals surface area contributed by atoms with Crippen LogP contribution in [-0.2, 0) is 0 Å². The molecule has 2 N–H and O–H groups in total. The van der Waals surface area contributed by atoms with E-state index in [0.29, 0.717) is 22.0 Å². The van der Waals surface area contributed by atoms with Gasteiger partial charge in [-0.3, -0.25) is 4.79 Å². The number of nitrogens with zero attached hydrogens (tertiary/aromatic N) is 1. The molecule has 1 heterocycles. The highest BCUT2D eigenvalue weighted by atomic mass is 32.1. The Hall–Kier alpha value is -1.86. The third-order valence-electron chi connectivity index (χ3n) is 3.81. The van der Waals surface area contributed by atoms with E-state index in [9.17, 15) is 18.7 Å². The number of amides is 1. The average Bonchev–Trinajstić information content (AvgIpc) is 3.14. The quantitative estimate of drug-likeness (QED) is 0.889. The van der Waals surface area contributed by atoms with E-state index in [-0.39, 0.29) is 17.9 Å². The molecule has 0 aliphatic heterocycles. The van der Waals surface area contributed by atoms with Crippen molar-refractivity contribution in [2.45, 2.75) is 12.8 Å². The third kappa shape index (κ3) is 3.00. The molecule has 1 aliphatic carbocycles. The molecule has 2 aromatic rings. The van der Waals surface area contributed by atoms with Crippen molar-refractivity contribution in [1.82, 2.24) is 10.3 Å². The van der Waals surface area contributed by atoms with E-state index in [1.165, 1.54) is 12.3 Å². The van der Waals surface area contributed by atoms with Crippen LogP contribution in [0.2, 0.25) is 0 Å². The fourth-order valence-electron chi connectivity index (χ4n) is 2.06. The third-order valence-corrected chi connectivity index (χ3v) is 4.86. The molecule has 22 heavy (non-hydrogen) atoms. The van der Waals surface area contributed by atoms with Crippen LogP contribution in [0.25, 0.3) is 10.6 Å². The zero-order valence-corrected chi connectivity index (χ0v) is 12.4. The molecule has 1 amide bonds. The van der Waals surface area contributed by atoms with E-state index < -0.39 is 11.6 Å². The molecule has 0 unspecified atom stereocenters. The largest absolute Gasteiger partial charge is 0.396 e. The summed E-state index contributed by atoms with van der Waals surface area (Å²) < 4.78 is 26.1. The minimum atomic E-state index is -0.947. The Morgan fingerprint density at radius 3 is 2.77 bits per heavy atom. The molecule has 1 aliphatic rings. The Labute approximate surface area is 129 Å². The van der Waals surface area contributed by atoms with Gasteiger partial charge < -0.3 is 10.4 Å². The van der Waals surface area contributed by atoms with Crippen molar-refractivity contribution in [1.29, 1.82) is 0 Å². The van der Waals surface area contributed by atoms with Crippen LogP contribution in [-0.4, -0.2) is 29.1 Å². The summed E-state index contributed by atoms with van der Waals surface area (Å²) in [6.07, 6.45) is 3.23. The lowest BCUT2D eigenvalue weighted by molar-refractivity contribution is 0.0939. The first kappa shape index (κ1) is 15.1. The number of carbonyl (C=O) groups is 1. The summed E-state index contributed by atoms with van der Waals surface area (Å²) in [7, 11) is 0. The van der Waals surface area contributed by atoms with Gasteiger partial charge >= 0.3 is 0 Å². The first-order valence-corrected chi connectivity index (χ1v) is 7.65. The minimum absolute atomic E-state index is 0.0656. The van der Waals surface area contributed by atoms with Crippen LogP contribution >= 0.6 is 11.3 Å². The highest BCUT2D eigenvalue weighted by molar-refractivity contribution is 7.16. The maximum atomic E-state index is 13.2. The Balaban J connectivity index is 1.70. The highest BCUT2D eigenvalue weighted by Gasteiger charge is 2.42. The number of aliphatic hydroxyl groups excluding tert-OH is 1. The molecular weight excluding hydrogens is 310 g/mol. The second-order valence-corrected chi connectivity index (χ2v) is 6.53. The van der Waals surface area contributed by atoms with Crippen molar-refractivity contribution in [3.05, 3.63) is 40.9 Å². The summed E-state index contributed by atoms with van der Waals surface area (Å²) in [5.41, 5.74) is 0.264. The van der Waals surface area contributed by atoms with Gasteiger partial charge in [-0.15, -0.1) is 11.3 Å². The lowest BCUT2D eigenvalue weighted by Crippen LogP contribution is -2.31. The van der Waals surface area contributed by atoms with Gasteiger partial charge in [0.2, 0.25) is 0 Å². The van der Waals surface area contributed by atoms with Crippen molar-refractivity contribution >= 4 is 17.2 Å². The molecule has 4 nitrogen and oxygen atoms in total. The molecular formula is C15H14F2N2O2S. The number of carbonyl (C=O) groups excluding carboxylic acids is 1. The topological polar surface area (TPSA) is 62.2 Å². The number of hydrogen-bond acceptors (Lipinski definition) is 4. The van der Waals surface area contributed by atoms with Crippen LogP contribution in [0, 0.1) is 17.0 Å². The SMILES string of the molecule is O=C(NCC1(CO)CC1)c1cnc(-c2ccc(F)c(F)c2)s1. The molecule has 3 rings (SSSR count).